The number of nitrogens with one attached hydrogen (secondary N) is 1. The molecule has 2 aromatic rings. The molecular formula is C17H15ClN2O5S. The molecule has 7 nitrogen and oxygen atoms in total. The lowest BCUT2D eigenvalue weighted by Gasteiger charge is -2.07. The van der Waals surface area contributed by atoms with Crippen LogP contribution in [0.1, 0.15) is 6.42 Å². The number of nitro groups is 1. The summed E-state index contributed by atoms with van der Waals surface area (Å²) in [5, 5.41) is 13.7. The number of esters is 1. The number of hydrogen-bond donors (Lipinski definition) is 1. The first-order valence-electron chi connectivity index (χ1n) is 7.53. The average molecular weight is 395 g/mol. The van der Waals surface area contributed by atoms with Gasteiger partial charge in [-0.25, -0.2) is 0 Å². The number of nitro benzene ring substituents is 1. The fourth-order valence-electron chi connectivity index (χ4n) is 1.89. The van der Waals surface area contributed by atoms with Crippen LogP contribution in [0, 0.1) is 10.1 Å². The largest absolute Gasteiger partial charge is 0.456 e. The van der Waals surface area contributed by atoms with Crippen molar-refractivity contribution < 1.29 is 19.2 Å². The van der Waals surface area contributed by atoms with Crippen LogP contribution < -0.4 is 5.32 Å². The lowest BCUT2D eigenvalue weighted by molar-refractivity contribution is -0.384. The number of halogens is 1. The molecule has 0 aromatic heterocycles. The number of rotatable bonds is 8. The number of thioether (sulfide) groups is 1. The van der Waals surface area contributed by atoms with Crippen molar-refractivity contribution in [3.05, 3.63) is 63.7 Å². The van der Waals surface area contributed by atoms with Gasteiger partial charge in [0.15, 0.2) is 6.61 Å². The van der Waals surface area contributed by atoms with E-state index in [1.54, 1.807) is 6.07 Å². The Morgan fingerprint density at radius 3 is 2.50 bits per heavy atom. The van der Waals surface area contributed by atoms with E-state index < -0.39 is 23.4 Å². The fraction of sp³-hybridized carbons (Fsp3) is 0.176. The predicted octanol–water partition coefficient (Wildman–Crippen LogP) is 3.91. The van der Waals surface area contributed by atoms with Crippen LogP contribution in [0.25, 0.3) is 0 Å². The van der Waals surface area contributed by atoms with E-state index in [4.69, 9.17) is 16.3 Å². The summed E-state index contributed by atoms with van der Waals surface area (Å²) in [7, 11) is 0. The van der Waals surface area contributed by atoms with Gasteiger partial charge in [-0.1, -0.05) is 23.7 Å². The molecule has 0 saturated carbocycles. The minimum atomic E-state index is -0.534. The number of carbonyl (C=O) groups excluding carboxylic acids is 2. The highest BCUT2D eigenvalue weighted by Crippen LogP contribution is 2.26. The highest BCUT2D eigenvalue weighted by Gasteiger charge is 2.10. The van der Waals surface area contributed by atoms with Crippen LogP contribution in [0.4, 0.5) is 11.4 Å². The SMILES string of the molecule is O=C(COC(=O)CCSc1ccccc1Cl)Nc1ccc([N+](=O)[O-])cc1. The molecule has 136 valence electrons. The molecule has 0 radical (unpaired) electrons. The Morgan fingerprint density at radius 2 is 1.85 bits per heavy atom. The number of amides is 1. The van der Waals surface area contributed by atoms with E-state index in [9.17, 15) is 19.7 Å². The van der Waals surface area contributed by atoms with Gasteiger partial charge in [0, 0.05) is 28.5 Å². The summed E-state index contributed by atoms with van der Waals surface area (Å²) in [5.74, 6) is -0.540. The first-order chi connectivity index (χ1) is 12.5. The lowest BCUT2D eigenvalue weighted by atomic mass is 10.3. The van der Waals surface area contributed by atoms with Gasteiger partial charge < -0.3 is 10.1 Å². The molecule has 2 aromatic carbocycles. The van der Waals surface area contributed by atoms with Gasteiger partial charge in [-0.2, -0.15) is 0 Å². The van der Waals surface area contributed by atoms with Crippen molar-refractivity contribution in [2.24, 2.45) is 0 Å². The zero-order valence-electron chi connectivity index (χ0n) is 13.5. The van der Waals surface area contributed by atoms with E-state index in [-0.39, 0.29) is 12.1 Å². The van der Waals surface area contributed by atoms with Crippen LogP contribution >= 0.6 is 23.4 Å². The Balaban J connectivity index is 1.69. The van der Waals surface area contributed by atoms with Gasteiger partial charge in [0.05, 0.1) is 16.4 Å². The smallest absolute Gasteiger partial charge is 0.307 e. The molecule has 0 atom stereocenters. The van der Waals surface area contributed by atoms with E-state index in [0.29, 0.717) is 16.5 Å². The molecule has 26 heavy (non-hydrogen) atoms. The molecule has 0 unspecified atom stereocenters. The summed E-state index contributed by atoms with van der Waals surface area (Å²) in [6, 6.07) is 12.7. The summed E-state index contributed by atoms with van der Waals surface area (Å²) in [4.78, 5) is 34.3. The summed E-state index contributed by atoms with van der Waals surface area (Å²) >= 11 is 7.45. The van der Waals surface area contributed by atoms with Crippen molar-refractivity contribution in [1.82, 2.24) is 0 Å². The number of anilines is 1. The zero-order chi connectivity index (χ0) is 18.9. The quantitative estimate of drug-likeness (QED) is 0.315. The van der Waals surface area contributed by atoms with E-state index >= 15 is 0 Å². The maximum absolute atomic E-state index is 11.7. The normalized spacial score (nSPS) is 10.2. The van der Waals surface area contributed by atoms with Crippen LogP contribution in [0.3, 0.4) is 0 Å². The van der Waals surface area contributed by atoms with Gasteiger partial charge in [-0.05, 0) is 24.3 Å². The minimum absolute atomic E-state index is 0.0783. The molecule has 0 heterocycles. The molecule has 1 amide bonds. The standard InChI is InChI=1S/C17H15ClN2O5S/c18-14-3-1-2-4-15(14)26-10-9-17(22)25-11-16(21)19-12-5-7-13(8-6-12)20(23)24/h1-8H,9-11H2,(H,19,21). The maximum atomic E-state index is 11.7. The Kier molecular flexibility index (Phi) is 7.43. The molecule has 2 rings (SSSR count). The molecule has 1 N–H and O–H groups in total. The highest BCUT2D eigenvalue weighted by atomic mass is 35.5. The molecule has 0 aliphatic carbocycles. The van der Waals surface area contributed by atoms with Crippen molar-refractivity contribution in [2.45, 2.75) is 11.3 Å². The summed E-state index contributed by atoms with van der Waals surface area (Å²) in [5.41, 5.74) is 0.302. The highest BCUT2D eigenvalue weighted by molar-refractivity contribution is 7.99. The maximum Gasteiger partial charge on any atom is 0.307 e. The van der Waals surface area contributed by atoms with Crippen molar-refractivity contribution >= 4 is 46.6 Å². The topological polar surface area (TPSA) is 98.5 Å². The van der Waals surface area contributed by atoms with E-state index in [1.165, 1.54) is 36.0 Å². The molecule has 0 fully saturated rings. The number of carbonyl (C=O) groups is 2. The van der Waals surface area contributed by atoms with Gasteiger partial charge in [0.25, 0.3) is 11.6 Å². The van der Waals surface area contributed by atoms with Gasteiger partial charge in [0.1, 0.15) is 0 Å². The van der Waals surface area contributed by atoms with Crippen LogP contribution in [-0.4, -0.2) is 29.2 Å². The Bertz CT molecular complexity index is 798. The second kappa shape index (κ2) is 9.79. The minimum Gasteiger partial charge on any atom is -0.456 e. The third kappa shape index (κ3) is 6.38. The second-order valence-corrected chi connectivity index (χ2v) is 6.59. The first-order valence-corrected chi connectivity index (χ1v) is 8.89. The summed E-state index contributed by atoms with van der Waals surface area (Å²) in [6.45, 7) is -0.424. The third-order valence-corrected chi connectivity index (χ3v) is 4.64. The Hall–Kier alpha value is -2.58. The van der Waals surface area contributed by atoms with Crippen LogP contribution in [-0.2, 0) is 14.3 Å². The van der Waals surface area contributed by atoms with Crippen LogP contribution in [0.2, 0.25) is 5.02 Å². The first kappa shape index (κ1) is 19.7. The van der Waals surface area contributed by atoms with Crippen LogP contribution in [0.15, 0.2) is 53.4 Å². The van der Waals surface area contributed by atoms with Crippen molar-refractivity contribution in [3.63, 3.8) is 0 Å². The fourth-order valence-corrected chi connectivity index (χ4v) is 3.06. The number of ether oxygens (including phenoxy) is 1. The van der Waals surface area contributed by atoms with Gasteiger partial charge in [-0.15, -0.1) is 11.8 Å². The molecule has 0 spiro atoms. The molecule has 0 aliphatic rings. The van der Waals surface area contributed by atoms with Gasteiger partial charge in [-0.3, -0.25) is 19.7 Å². The van der Waals surface area contributed by atoms with Crippen molar-refractivity contribution in [1.29, 1.82) is 0 Å². The van der Waals surface area contributed by atoms with Gasteiger partial charge in [0.2, 0.25) is 0 Å². The number of benzene rings is 2. The van der Waals surface area contributed by atoms with Crippen molar-refractivity contribution in [2.75, 3.05) is 17.7 Å². The second-order valence-electron chi connectivity index (χ2n) is 5.04. The molecule has 0 aliphatic heterocycles. The van der Waals surface area contributed by atoms with E-state index in [0.717, 1.165) is 4.90 Å². The number of nitrogens with zero attached hydrogens (tertiary/aromatic N) is 1. The lowest BCUT2D eigenvalue weighted by Crippen LogP contribution is -2.21. The average Bonchev–Trinajstić information content (AvgIpc) is 2.62. The molecule has 0 saturated heterocycles. The summed E-state index contributed by atoms with van der Waals surface area (Å²) in [6.07, 6.45) is 0.140. The number of hydrogen-bond acceptors (Lipinski definition) is 6. The van der Waals surface area contributed by atoms with Gasteiger partial charge >= 0.3 is 5.97 Å². The van der Waals surface area contributed by atoms with E-state index in [1.807, 2.05) is 18.2 Å². The Labute approximate surface area is 158 Å². The monoisotopic (exact) mass is 394 g/mol. The predicted molar refractivity (Wildman–Crippen MR) is 99.5 cm³/mol. The van der Waals surface area contributed by atoms with E-state index in [2.05, 4.69) is 5.32 Å². The van der Waals surface area contributed by atoms with Crippen LogP contribution in [0.5, 0.6) is 0 Å². The molecule has 0 bridgehead atoms. The Morgan fingerprint density at radius 1 is 1.15 bits per heavy atom. The third-order valence-electron chi connectivity index (χ3n) is 3.13. The molecular weight excluding hydrogens is 380 g/mol. The zero-order valence-corrected chi connectivity index (χ0v) is 15.1. The summed E-state index contributed by atoms with van der Waals surface area (Å²) < 4.78 is 4.90. The van der Waals surface area contributed by atoms with Crippen molar-refractivity contribution in [3.8, 4) is 0 Å². The molecule has 9 heteroatoms. The number of non-ortho nitro benzene ring substituents is 1.